The van der Waals surface area contributed by atoms with Gasteiger partial charge >= 0.3 is 0 Å². The Bertz CT molecular complexity index is 224. The molecule has 0 fully saturated rings. The van der Waals surface area contributed by atoms with Gasteiger partial charge in [0, 0.05) is 11.8 Å². The first-order valence-electron chi connectivity index (χ1n) is 2.40. The van der Waals surface area contributed by atoms with Gasteiger partial charge in [-0.3, -0.25) is 0 Å². The Hall–Kier alpha value is -0.630. The molecular formula is C6H4ClFN. The monoisotopic (exact) mass is 144 g/mol. The van der Waals surface area contributed by atoms with Crippen molar-refractivity contribution in [3.05, 3.63) is 28.8 Å². The van der Waals surface area contributed by atoms with Crippen LogP contribution in [-0.4, -0.2) is 4.98 Å². The SMILES string of the molecule is Cc1c[c]c(F)c(Cl)n1. The lowest BCUT2D eigenvalue weighted by atomic mass is 10.4. The lowest BCUT2D eigenvalue weighted by molar-refractivity contribution is 0.618. The summed E-state index contributed by atoms with van der Waals surface area (Å²) >= 11 is 5.30. The average Bonchev–Trinajstić information content (AvgIpc) is 1.80. The summed E-state index contributed by atoms with van der Waals surface area (Å²) in [7, 11) is 0. The van der Waals surface area contributed by atoms with Crippen molar-refractivity contribution in [2.75, 3.05) is 0 Å². The first-order chi connectivity index (χ1) is 4.20. The van der Waals surface area contributed by atoms with E-state index in [1.54, 1.807) is 6.92 Å². The number of halogens is 2. The lowest BCUT2D eigenvalue weighted by Gasteiger charge is -1.91. The Morgan fingerprint density at radius 2 is 2.44 bits per heavy atom. The Morgan fingerprint density at radius 3 is 2.89 bits per heavy atom. The van der Waals surface area contributed by atoms with Crippen molar-refractivity contribution in [3.63, 3.8) is 0 Å². The van der Waals surface area contributed by atoms with Gasteiger partial charge in [0.25, 0.3) is 0 Å². The van der Waals surface area contributed by atoms with Gasteiger partial charge in [0.15, 0.2) is 11.0 Å². The van der Waals surface area contributed by atoms with Gasteiger partial charge in [-0.2, -0.15) is 0 Å². The summed E-state index contributed by atoms with van der Waals surface area (Å²) in [4.78, 5) is 3.63. The van der Waals surface area contributed by atoms with Crippen LogP contribution in [0.5, 0.6) is 0 Å². The minimum Gasteiger partial charge on any atom is -0.238 e. The second-order valence-corrected chi connectivity index (χ2v) is 2.00. The van der Waals surface area contributed by atoms with Crippen molar-refractivity contribution < 1.29 is 4.39 Å². The van der Waals surface area contributed by atoms with Crippen molar-refractivity contribution in [3.8, 4) is 0 Å². The number of pyridine rings is 1. The molecule has 1 aromatic rings. The molecule has 1 heterocycles. The Balaban J connectivity index is 3.17. The zero-order valence-electron chi connectivity index (χ0n) is 4.78. The molecule has 0 aliphatic heterocycles. The number of hydrogen-bond donors (Lipinski definition) is 0. The maximum atomic E-state index is 12.2. The van der Waals surface area contributed by atoms with Crippen LogP contribution in [0.1, 0.15) is 5.69 Å². The van der Waals surface area contributed by atoms with Crippen LogP contribution in [-0.2, 0) is 0 Å². The summed E-state index contributed by atoms with van der Waals surface area (Å²) < 4.78 is 12.2. The number of aromatic nitrogens is 1. The highest BCUT2D eigenvalue weighted by Gasteiger charge is 1.98. The first kappa shape index (κ1) is 6.49. The molecule has 0 N–H and O–H groups in total. The molecule has 0 unspecified atom stereocenters. The zero-order valence-corrected chi connectivity index (χ0v) is 5.54. The van der Waals surface area contributed by atoms with Crippen molar-refractivity contribution in [2.24, 2.45) is 0 Å². The van der Waals surface area contributed by atoms with Crippen molar-refractivity contribution >= 4 is 11.6 Å². The van der Waals surface area contributed by atoms with Gasteiger partial charge in [0.2, 0.25) is 0 Å². The van der Waals surface area contributed by atoms with Crippen LogP contribution >= 0.6 is 11.6 Å². The van der Waals surface area contributed by atoms with E-state index in [2.05, 4.69) is 11.1 Å². The number of hydrogen-bond acceptors (Lipinski definition) is 1. The molecule has 0 saturated heterocycles. The van der Waals surface area contributed by atoms with Crippen LogP contribution in [0, 0.1) is 18.8 Å². The van der Waals surface area contributed by atoms with E-state index in [9.17, 15) is 4.39 Å². The van der Waals surface area contributed by atoms with Gasteiger partial charge in [-0.05, 0) is 13.0 Å². The molecule has 0 spiro atoms. The highest BCUT2D eigenvalue weighted by Crippen LogP contribution is 2.09. The summed E-state index contributed by atoms with van der Waals surface area (Å²) in [5.74, 6) is -0.595. The predicted molar refractivity (Wildman–Crippen MR) is 32.8 cm³/mol. The second-order valence-electron chi connectivity index (χ2n) is 1.65. The van der Waals surface area contributed by atoms with Gasteiger partial charge in [0.05, 0.1) is 0 Å². The summed E-state index contributed by atoms with van der Waals surface area (Å²) in [6, 6.07) is 3.75. The third kappa shape index (κ3) is 1.39. The molecule has 1 radical (unpaired) electrons. The van der Waals surface area contributed by atoms with Crippen molar-refractivity contribution in [1.82, 2.24) is 4.98 Å². The lowest BCUT2D eigenvalue weighted by Crippen LogP contribution is -1.84. The topological polar surface area (TPSA) is 12.9 Å². The fourth-order valence-corrected chi connectivity index (χ4v) is 0.651. The molecule has 0 bridgehead atoms. The maximum absolute atomic E-state index is 12.2. The zero-order chi connectivity index (χ0) is 6.85. The Morgan fingerprint density at radius 1 is 1.78 bits per heavy atom. The summed E-state index contributed by atoms with van der Waals surface area (Å²) in [6.07, 6.45) is 0. The van der Waals surface area contributed by atoms with E-state index in [0.717, 1.165) is 0 Å². The fraction of sp³-hybridized carbons (Fsp3) is 0.167. The van der Waals surface area contributed by atoms with Crippen LogP contribution in [0.25, 0.3) is 0 Å². The molecule has 0 aliphatic rings. The van der Waals surface area contributed by atoms with Gasteiger partial charge in [-0.1, -0.05) is 11.6 Å². The van der Waals surface area contributed by atoms with Gasteiger partial charge in [-0.25, -0.2) is 9.37 Å². The largest absolute Gasteiger partial charge is 0.238 e. The standard InChI is InChI=1S/C6H4ClFN/c1-4-2-3-5(8)6(7)9-4/h2H,1H3. The van der Waals surface area contributed by atoms with E-state index in [4.69, 9.17) is 11.6 Å². The Kier molecular flexibility index (Phi) is 1.67. The summed E-state index contributed by atoms with van der Waals surface area (Å²) in [6.45, 7) is 1.72. The van der Waals surface area contributed by atoms with Crippen LogP contribution in [0.3, 0.4) is 0 Å². The van der Waals surface area contributed by atoms with Gasteiger partial charge < -0.3 is 0 Å². The second kappa shape index (κ2) is 2.31. The van der Waals surface area contributed by atoms with Gasteiger partial charge in [0.1, 0.15) is 0 Å². The molecule has 3 heteroatoms. The third-order valence-electron chi connectivity index (χ3n) is 0.863. The minimum atomic E-state index is -0.595. The van der Waals surface area contributed by atoms with Crippen LogP contribution < -0.4 is 0 Å². The average molecular weight is 145 g/mol. The van der Waals surface area contributed by atoms with E-state index in [1.165, 1.54) is 6.07 Å². The third-order valence-corrected chi connectivity index (χ3v) is 1.11. The van der Waals surface area contributed by atoms with Crippen molar-refractivity contribution in [1.29, 1.82) is 0 Å². The fourth-order valence-electron chi connectivity index (χ4n) is 0.464. The van der Waals surface area contributed by atoms with E-state index in [-0.39, 0.29) is 5.15 Å². The summed E-state index contributed by atoms with van der Waals surface area (Å²) in [5, 5.41) is -0.116. The number of nitrogens with zero attached hydrogens (tertiary/aromatic N) is 1. The van der Waals surface area contributed by atoms with E-state index < -0.39 is 5.82 Å². The highest BCUT2D eigenvalue weighted by atomic mass is 35.5. The van der Waals surface area contributed by atoms with Crippen LogP contribution in [0.2, 0.25) is 5.15 Å². The molecule has 0 aromatic carbocycles. The molecule has 9 heavy (non-hydrogen) atoms. The normalized spacial score (nSPS) is 9.67. The Labute approximate surface area is 57.5 Å². The van der Waals surface area contributed by atoms with Crippen molar-refractivity contribution in [2.45, 2.75) is 6.92 Å². The van der Waals surface area contributed by atoms with Crippen LogP contribution in [0.15, 0.2) is 6.07 Å². The first-order valence-corrected chi connectivity index (χ1v) is 2.78. The van der Waals surface area contributed by atoms with E-state index in [1.807, 2.05) is 0 Å². The smallest absolute Gasteiger partial charge is 0.168 e. The quantitative estimate of drug-likeness (QED) is 0.508. The molecule has 0 saturated carbocycles. The van der Waals surface area contributed by atoms with E-state index >= 15 is 0 Å². The molecule has 0 amide bonds. The molecule has 0 atom stereocenters. The number of rotatable bonds is 0. The summed E-state index contributed by atoms with van der Waals surface area (Å²) in [5.41, 5.74) is 0.668. The molecule has 1 rings (SSSR count). The van der Waals surface area contributed by atoms with E-state index in [0.29, 0.717) is 5.69 Å². The molecular weight excluding hydrogens is 141 g/mol. The number of aryl methyl sites for hydroxylation is 1. The van der Waals surface area contributed by atoms with Crippen LogP contribution in [0.4, 0.5) is 4.39 Å². The predicted octanol–water partition coefficient (Wildman–Crippen LogP) is 1.98. The molecule has 47 valence electrons. The maximum Gasteiger partial charge on any atom is 0.168 e. The molecule has 0 aliphatic carbocycles. The molecule has 1 aromatic heterocycles. The highest BCUT2D eigenvalue weighted by molar-refractivity contribution is 6.29. The minimum absolute atomic E-state index is 0.116. The molecule has 1 nitrogen and oxygen atoms in total. The van der Waals surface area contributed by atoms with Gasteiger partial charge in [-0.15, -0.1) is 0 Å².